The zero-order valence-corrected chi connectivity index (χ0v) is 16.5. The number of aliphatic hydroxyl groups excluding tert-OH is 1. The Kier molecular flexibility index (Phi) is 4.91. The fraction of sp³-hybridized carbons (Fsp3) is 0.211. The third kappa shape index (κ3) is 3.31. The molecule has 0 bridgehead atoms. The number of H-pyrrole nitrogens is 1. The number of nitrogens with zero attached hydrogens (tertiary/aromatic N) is 3. The van der Waals surface area contributed by atoms with Crippen molar-refractivity contribution in [2.24, 2.45) is 0 Å². The number of phenols is 1. The topological polar surface area (TPSA) is 136 Å². The first-order chi connectivity index (χ1) is 13.9. The quantitative estimate of drug-likeness (QED) is 0.420. The first-order valence-corrected chi connectivity index (χ1v) is 9.93. The van der Waals surface area contributed by atoms with E-state index in [-0.39, 0.29) is 40.8 Å². The molecule has 0 aliphatic carbocycles. The van der Waals surface area contributed by atoms with Crippen molar-refractivity contribution in [2.45, 2.75) is 23.8 Å². The van der Waals surface area contributed by atoms with Crippen molar-refractivity contribution in [3.05, 3.63) is 51.8 Å². The van der Waals surface area contributed by atoms with Crippen LogP contribution in [0.5, 0.6) is 11.5 Å². The highest BCUT2D eigenvalue weighted by atomic mass is 32.2. The molecule has 0 saturated carbocycles. The van der Waals surface area contributed by atoms with E-state index in [2.05, 4.69) is 15.3 Å². The molecule has 0 saturated heterocycles. The average Bonchev–Trinajstić information content (AvgIpc) is 3.10. The molecule has 2 aromatic heterocycles. The third-order valence-corrected chi connectivity index (χ3v) is 5.96. The van der Waals surface area contributed by atoms with E-state index in [1.165, 1.54) is 16.6 Å². The standard InChI is InChI=1S/C19H18N4O5S/c1-10-3-4-16(11(2)7-10)29(27)19-17-20-18(26)12-8-14(25)15(28-6-5-24)9-13(12)23(17)22-21-19/h3-4,7-9,24-25H,5-6H2,1-2H3,(H,20,26). The van der Waals surface area contributed by atoms with Crippen molar-refractivity contribution in [1.82, 2.24) is 19.8 Å². The molecule has 0 fully saturated rings. The Morgan fingerprint density at radius 1 is 1.28 bits per heavy atom. The van der Waals surface area contributed by atoms with Crippen LogP contribution in [-0.2, 0) is 11.2 Å². The molecule has 9 nitrogen and oxygen atoms in total. The Morgan fingerprint density at radius 3 is 2.79 bits per heavy atom. The van der Waals surface area contributed by atoms with Crippen LogP contribution < -0.4 is 10.3 Å². The first kappa shape index (κ1) is 19.2. The Labute approximate surface area is 167 Å². The summed E-state index contributed by atoms with van der Waals surface area (Å²) in [5, 5.41) is 27.4. The Balaban J connectivity index is 1.91. The maximum absolute atomic E-state index is 13.1. The number of hydrogen-bond acceptors (Lipinski definition) is 7. The lowest BCUT2D eigenvalue weighted by Crippen LogP contribution is -2.13. The number of hydrogen-bond donors (Lipinski definition) is 3. The molecule has 0 amide bonds. The number of fused-ring (bicyclic) bond motifs is 3. The van der Waals surface area contributed by atoms with Crippen LogP contribution in [0.3, 0.4) is 0 Å². The van der Waals surface area contributed by atoms with E-state index in [0.29, 0.717) is 10.4 Å². The second kappa shape index (κ2) is 7.39. The number of ether oxygens (including phenoxy) is 1. The van der Waals surface area contributed by atoms with Crippen molar-refractivity contribution in [3.63, 3.8) is 0 Å². The largest absolute Gasteiger partial charge is 0.605 e. The minimum Gasteiger partial charge on any atom is -0.605 e. The summed E-state index contributed by atoms with van der Waals surface area (Å²) < 4.78 is 19.8. The van der Waals surface area contributed by atoms with Gasteiger partial charge in [-0.05, 0) is 26.0 Å². The molecular formula is C19H18N4O5S. The number of rotatable bonds is 5. The number of aromatic nitrogens is 4. The van der Waals surface area contributed by atoms with Gasteiger partial charge in [-0.25, -0.2) is 0 Å². The van der Waals surface area contributed by atoms with Gasteiger partial charge in [0.25, 0.3) is 5.56 Å². The number of phenolic OH excluding ortho intramolecular Hbond substituents is 1. The van der Waals surface area contributed by atoms with Gasteiger partial charge in [-0.2, -0.15) is 4.52 Å². The van der Waals surface area contributed by atoms with E-state index in [4.69, 9.17) is 9.84 Å². The maximum Gasteiger partial charge on any atom is 0.313 e. The summed E-state index contributed by atoms with van der Waals surface area (Å²) >= 11 is -1.65. The zero-order valence-electron chi connectivity index (χ0n) is 15.7. The second-order valence-corrected chi connectivity index (χ2v) is 7.92. The molecule has 150 valence electrons. The van der Waals surface area contributed by atoms with Crippen molar-refractivity contribution < 1.29 is 19.5 Å². The molecular weight excluding hydrogens is 396 g/mol. The van der Waals surface area contributed by atoms with Crippen LogP contribution in [0.15, 0.2) is 45.0 Å². The van der Waals surface area contributed by atoms with E-state index < -0.39 is 16.7 Å². The highest BCUT2D eigenvalue weighted by Gasteiger charge is 2.26. The molecule has 29 heavy (non-hydrogen) atoms. The molecule has 4 rings (SSSR count). The van der Waals surface area contributed by atoms with E-state index in [1.54, 1.807) is 6.07 Å². The predicted molar refractivity (Wildman–Crippen MR) is 106 cm³/mol. The smallest absolute Gasteiger partial charge is 0.313 e. The summed E-state index contributed by atoms with van der Waals surface area (Å²) in [7, 11) is 0. The van der Waals surface area contributed by atoms with Crippen molar-refractivity contribution >= 4 is 27.7 Å². The minimum absolute atomic E-state index is 0.0231. The molecule has 1 unspecified atom stereocenters. The summed E-state index contributed by atoms with van der Waals surface area (Å²) in [4.78, 5) is 15.8. The molecule has 0 aliphatic rings. The SMILES string of the molecule is Cc1ccc([S+]([O-])c2nnn3c2[nH]c(=O)c2cc(O)c(OCCO)cc23)c(C)c1. The first-order valence-electron chi connectivity index (χ1n) is 8.78. The third-order valence-electron chi connectivity index (χ3n) is 4.48. The second-order valence-electron chi connectivity index (χ2n) is 6.56. The maximum atomic E-state index is 13.1. The summed E-state index contributed by atoms with van der Waals surface area (Å²) in [6.07, 6.45) is 0. The van der Waals surface area contributed by atoms with Gasteiger partial charge in [0, 0.05) is 22.8 Å². The molecule has 2 aromatic carbocycles. The van der Waals surface area contributed by atoms with E-state index >= 15 is 0 Å². The van der Waals surface area contributed by atoms with Gasteiger partial charge >= 0.3 is 5.03 Å². The Hall–Kier alpha value is -3.08. The summed E-state index contributed by atoms with van der Waals surface area (Å²) in [6, 6.07) is 8.23. The Bertz CT molecular complexity index is 1280. The van der Waals surface area contributed by atoms with Gasteiger partial charge in [-0.3, -0.25) is 4.79 Å². The molecule has 0 radical (unpaired) electrons. The number of aromatic amines is 1. The number of aliphatic hydroxyl groups is 1. The highest BCUT2D eigenvalue weighted by molar-refractivity contribution is 7.91. The van der Waals surface area contributed by atoms with Crippen LogP contribution in [-0.4, -0.2) is 47.8 Å². The molecule has 0 spiro atoms. The summed E-state index contributed by atoms with van der Waals surface area (Å²) in [6.45, 7) is 3.55. The van der Waals surface area contributed by atoms with Gasteiger partial charge in [0.05, 0.1) is 17.5 Å². The van der Waals surface area contributed by atoms with Gasteiger partial charge in [-0.1, -0.05) is 28.0 Å². The molecule has 10 heteroatoms. The van der Waals surface area contributed by atoms with E-state index in [1.807, 2.05) is 26.0 Å². The van der Waals surface area contributed by atoms with Gasteiger partial charge in [0.15, 0.2) is 16.4 Å². The predicted octanol–water partition coefficient (Wildman–Crippen LogP) is 1.43. The van der Waals surface area contributed by atoms with Crippen LogP contribution in [0.4, 0.5) is 0 Å². The van der Waals surface area contributed by atoms with Crippen LogP contribution >= 0.6 is 0 Å². The minimum atomic E-state index is -1.65. The van der Waals surface area contributed by atoms with Crippen molar-refractivity contribution in [2.75, 3.05) is 13.2 Å². The molecule has 3 N–H and O–H groups in total. The monoisotopic (exact) mass is 414 g/mol. The summed E-state index contributed by atoms with van der Waals surface area (Å²) in [5.41, 5.74) is 1.92. The van der Waals surface area contributed by atoms with Crippen LogP contribution in [0.25, 0.3) is 16.6 Å². The van der Waals surface area contributed by atoms with Crippen molar-refractivity contribution in [1.29, 1.82) is 0 Å². The van der Waals surface area contributed by atoms with Crippen LogP contribution in [0.1, 0.15) is 11.1 Å². The Morgan fingerprint density at radius 2 is 2.07 bits per heavy atom. The van der Waals surface area contributed by atoms with Gasteiger partial charge < -0.3 is 24.5 Å². The number of aromatic hydroxyl groups is 1. The van der Waals surface area contributed by atoms with Crippen LogP contribution in [0.2, 0.25) is 0 Å². The number of aryl methyl sites for hydroxylation is 2. The zero-order chi connectivity index (χ0) is 20.7. The number of nitrogens with one attached hydrogen (secondary N) is 1. The van der Waals surface area contributed by atoms with E-state index in [9.17, 15) is 14.5 Å². The fourth-order valence-electron chi connectivity index (χ4n) is 3.14. The van der Waals surface area contributed by atoms with Crippen LogP contribution in [0, 0.1) is 13.8 Å². The fourth-order valence-corrected chi connectivity index (χ4v) is 4.32. The van der Waals surface area contributed by atoms with Crippen molar-refractivity contribution in [3.8, 4) is 11.5 Å². The normalized spacial score (nSPS) is 12.6. The summed E-state index contributed by atoms with van der Waals surface area (Å²) in [5.74, 6) is -0.152. The molecule has 4 aromatic rings. The molecule has 0 aliphatic heterocycles. The highest BCUT2D eigenvalue weighted by Crippen LogP contribution is 2.31. The number of benzene rings is 2. The lowest BCUT2D eigenvalue weighted by Gasteiger charge is -2.11. The molecule has 1 atom stereocenters. The lowest BCUT2D eigenvalue weighted by atomic mass is 10.2. The average molecular weight is 414 g/mol. The van der Waals surface area contributed by atoms with Gasteiger partial charge in [0.1, 0.15) is 6.61 Å². The lowest BCUT2D eigenvalue weighted by molar-refractivity contribution is 0.197. The van der Waals surface area contributed by atoms with E-state index in [0.717, 1.165) is 11.1 Å². The van der Waals surface area contributed by atoms with Gasteiger partial charge in [-0.15, -0.1) is 0 Å². The molecule has 2 heterocycles. The van der Waals surface area contributed by atoms with Gasteiger partial charge in [0.2, 0.25) is 5.65 Å².